The molecule has 0 saturated heterocycles. The first-order valence-corrected chi connectivity index (χ1v) is 11.1. The molecule has 0 spiro atoms. The van der Waals surface area contributed by atoms with Crippen LogP contribution in [0.4, 0.5) is 13.2 Å². The number of thioether (sulfide) groups is 1. The molecule has 0 N–H and O–H groups in total. The highest BCUT2D eigenvalue weighted by atomic mass is 32.2. The van der Waals surface area contributed by atoms with Crippen LogP contribution in [0, 0.1) is 0 Å². The van der Waals surface area contributed by atoms with Gasteiger partial charge in [0.15, 0.2) is 0 Å². The number of hydrogen-bond acceptors (Lipinski definition) is 2. The smallest absolute Gasteiger partial charge is 0.324 e. The van der Waals surface area contributed by atoms with Crippen LogP contribution in [0.1, 0.15) is 48.5 Å². The average Bonchev–Trinajstić information content (AvgIpc) is 3.16. The summed E-state index contributed by atoms with van der Waals surface area (Å²) >= 11 is 1.66. The minimum Gasteiger partial charge on any atom is -0.324 e. The van der Waals surface area contributed by atoms with Crippen LogP contribution < -0.4 is 0 Å². The molecule has 0 amide bonds. The van der Waals surface area contributed by atoms with Gasteiger partial charge in [-0.1, -0.05) is 55.5 Å². The topological polar surface area (TPSA) is 17.8 Å². The summed E-state index contributed by atoms with van der Waals surface area (Å²) in [6, 6.07) is 24.0. The molecular weight excluding hydrogens is 417 g/mol. The second-order valence-electron chi connectivity index (χ2n) is 7.52. The van der Waals surface area contributed by atoms with E-state index >= 15 is 0 Å². The predicted octanol–water partition coefficient (Wildman–Crippen LogP) is 7.91. The summed E-state index contributed by atoms with van der Waals surface area (Å²) in [7, 11) is 0. The van der Waals surface area contributed by atoms with Gasteiger partial charge in [-0.25, -0.2) is 4.98 Å². The molecule has 1 aromatic heterocycles. The van der Waals surface area contributed by atoms with Crippen molar-refractivity contribution in [1.29, 1.82) is 0 Å². The van der Waals surface area contributed by atoms with Crippen LogP contribution >= 0.6 is 11.8 Å². The Morgan fingerprint density at radius 3 is 2.19 bits per heavy atom. The third kappa shape index (κ3) is 4.49. The number of rotatable bonds is 6. The number of halogens is 3. The summed E-state index contributed by atoms with van der Waals surface area (Å²) in [5.41, 5.74) is 1.49. The van der Waals surface area contributed by atoms with E-state index in [0.29, 0.717) is 5.52 Å². The molecule has 160 valence electrons. The van der Waals surface area contributed by atoms with Gasteiger partial charge in [0.25, 0.3) is 0 Å². The third-order valence-electron chi connectivity index (χ3n) is 5.41. The molecule has 2 nitrogen and oxygen atoms in total. The van der Waals surface area contributed by atoms with Crippen molar-refractivity contribution in [2.45, 2.75) is 42.6 Å². The molecule has 0 fully saturated rings. The second kappa shape index (κ2) is 8.79. The SMILES string of the molecule is CCC(C)n1c(C(Sc2ccccc2)c2ccccc2)nc2cc(C(F)(F)F)ccc21. The fraction of sp³-hybridized carbons (Fsp3) is 0.240. The highest BCUT2D eigenvalue weighted by molar-refractivity contribution is 7.99. The highest BCUT2D eigenvalue weighted by Crippen LogP contribution is 2.43. The number of alkyl halides is 3. The van der Waals surface area contributed by atoms with E-state index in [1.165, 1.54) is 0 Å². The zero-order chi connectivity index (χ0) is 22.0. The van der Waals surface area contributed by atoms with E-state index in [1.54, 1.807) is 17.8 Å². The monoisotopic (exact) mass is 440 g/mol. The van der Waals surface area contributed by atoms with Gasteiger partial charge in [-0.15, -0.1) is 11.8 Å². The van der Waals surface area contributed by atoms with Gasteiger partial charge in [-0.2, -0.15) is 13.2 Å². The van der Waals surface area contributed by atoms with Crippen molar-refractivity contribution in [3.05, 3.63) is 95.8 Å². The van der Waals surface area contributed by atoms with Gasteiger partial charge in [-0.3, -0.25) is 0 Å². The zero-order valence-corrected chi connectivity index (χ0v) is 18.1. The van der Waals surface area contributed by atoms with Crippen LogP contribution in [0.25, 0.3) is 11.0 Å². The van der Waals surface area contributed by atoms with Crippen molar-refractivity contribution >= 4 is 22.8 Å². The molecule has 0 aliphatic carbocycles. The van der Waals surface area contributed by atoms with Crippen molar-refractivity contribution in [3.8, 4) is 0 Å². The Hall–Kier alpha value is -2.73. The Labute approximate surface area is 184 Å². The Morgan fingerprint density at radius 1 is 0.935 bits per heavy atom. The van der Waals surface area contributed by atoms with Crippen LogP contribution in [0.15, 0.2) is 83.8 Å². The van der Waals surface area contributed by atoms with E-state index < -0.39 is 11.7 Å². The number of aromatic nitrogens is 2. The third-order valence-corrected chi connectivity index (χ3v) is 6.67. The first-order valence-electron chi connectivity index (χ1n) is 10.2. The Balaban J connectivity index is 1.92. The second-order valence-corrected chi connectivity index (χ2v) is 8.70. The fourth-order valence-electron chi connectivity index (χ4n) is 3.66. The molecule has 2 unspecified atom stereocenters. The van der Waals surface area contributed by atoms with Crippen molar-refractivity contribution in [2.24, 2.45) is 0 Å². The maximum absolute atomic E-state index is 13.3. The van der Waals surface area contributed by atoms with Gasteiger partial charge in [0.2, 0.25) is 0 Å². The molecule has 31 heavy (non-hydrogen) atoms. The predicted molar refractivity (Wildman–Crippen MR) is 120 cm³/mol. The van der Waals surface area contributed by atoms with Crippen molar-refractivity contribution in [2.75, 3.05) is 0 Å². The number of nitrogens with zero attached hydrogens (tertiary/aromatic N) is 2. The largest absolute Gasteiger partial charge is 0.416 e. The van der Waals surface area contributed by atoms with Crippen LogP contribution in [0.5, 0.6) is 0 Å². The molecule has 1 heterocycles. The molecule has 0 saturated carbocycles. The van der Waals surface area contributed by atoms with Gasteiger partial charge in [-0.05, 0) is 49.2 Å². The van der Waals surface area contributed by atoms with Crippen LogP contribution in [-0.4, -0.2) is 9.55 Å². The lowest BCUT2D eigenvalue weighted by atomic mass is 10.1. The van der Waals surface area contributed by atoms with Gasteiger partial charge in [0, 0.05) is 10.9 Å². The number of imidazole rings is 1. The first-order chi connectivity index (χ1) is 14.9. The van der Waals surface area contributed by atoms with Crippen molar-refractivity contribution in [1.82, 2.24) is 9.55 Å². The minimum absolute atomic E-state index is 0.0966. The van der Waals surface area contributed by atoms with E-state index in [4.69, 9.17) is 4.98 Å². The van der Waals surface area contributed by atoms with Gasteiger partial charge in [0.1, 0.15) is 5.82 Å². The van der Waals surface area contributed by atoms with Crippen LogP contribution in [0.2, 0.25) is 0 Å². The lowest BCUT2D eigenvalue weighted by Gasteiger charge is -2.22. The highest BCUT2D eigenvalue weighted by Gasteiger charge is 2.32. The molecule has 3 aromatic carbocycles. The molecule has 2 atom stereocenters. The number of hydrogen-bond donors (Lipinski definition) is 0. The zero-order valence-electron chi connectivity index (χ0n) is 17.3. The lowest BCUT2D eigenvalue weighted by molar-refractivity contribution is -0.137. The normalized spacial score (nSPS) is 14.0. The summed E-state index contributed by atoms with van der Waals surface area (Å²) in [6.45, 7) is 4.16. The minimum atomic E-state index is -4.40. The summed E-state index contributed by atoms with van der Waals surface area (Å²) in [5.74, 6) is 0.767. The Bertz CT molecular complexity index is 1150. The average molecular weight is 441 g/mol. The molecule has 0 radical (unpaired) electrons. The van der Waals surface area contributed by atoms with Gasteiger partial charge >= 0.3 is 6.18 Å². The van der Waals surface area contributed by atoms with Crippen LogP contribution in [0.3, 0.4) is 0 Å². The molecule has 6 heteroatoms. The molecule has 4 aromatic rings. The summed E-state index contributed by atoms with van der Waals surface area (Å²) in [4.78, 5) is 5.85. The maximum atomic E-state index is 13.3. The van der Waals surface area contributed by atoms with Crippen molar-refractivity contribution < 1.29 is 13.2 Å². The lowest BCUT2D eigenvalue weighted by Crippen LogP contribution is -2.12. The fourth-order valence-corrected chi connectivity index (χ4v) is 4.81. The molecule has 0 aliphatic rings. The Kier molecular flexibility index (Phi) is 6.10. The molecule has 0 bridgehead atoms. The van der Waals surface area contributed by atoms with E-state index in [2.05, 4.69) is 18.4 Å². The van der Waals surface area contributed by atoms with Crippen molar-refractivity contribution in [3.63, 3.8) is 0 Å². The molecule has 0 aliphatic heterocycles. The Morgan fingerprint density at radius 2 is 1.58 bits per heavy atom. The van der Waals surface area contributed by atoms with Crippen LogP contribution in [-0.2, 0) is 6.18 Å². The number of benzene rings is 3. The summed E-state index contributed by atoms with van der Waals surface area (Å²) in [5, 5.41) is -0.153. The first kappa shape index (κ1) is 21.5. The van der Waals surface area contributed by atoms with Gasteiger partial charge in [0.05, 0.1) is 21.8 Å². The molecule has 4 rings (SSSR count). The van der Waals surface area contributed by atoms with E-state index in [1.807, 2.05) is 60.7 Å². The van der Waals surface area contributed by atoms with Gasteiger partial charge < -0.3 is 4.57 Å². The number of fused-ring (bicyclic) bond motifs is 1. The van der Waals surface area contributed by atoms with E-state index in [9.17, 15) is 13.2 Å². The summed E-state index contributed by atoms with van der Waals surface area (Å²) in [6.07, 6.45) is -3.55. The maximum Gasteiger partial charge on any atom is 0.416 e. The quantitative estimate of drug-likeness (QED) is 0.284. The molecular formula is C25H23F3N2S. The summed E-state index contributed by atoms with van der Waals surface area (Å²) < 4.78 is 42.1. The van der Waals surface area contributed by atoms with E-state index in [-0.39, 0.29) is 11.3 Å². The van der Waals surface area contributed by atoms with E-state index in [0.717, 1.165) is 40.4 Å². The standard InChI is InChI=1S/C25H23F3N2S/c1-3-17(2)30-22-15-14-19(25(26,27)28)16-21(22)29-24(30)23(18-10-6-4-7-11-18)31-20-12-8-5-9-13-20/h4-17,23H,3H2,1-2H3.